The first-order valence-corrected chi connectivity index (χ1v) is 8.63. The minimum atomic E-state index is -0.493. The maximum Gasteiger partial charge on any atom is 0.237 e. The van der Waals surface area contributed by atoms with Gasteiger partial charge in [0.05, 0.1) is 16.0 Å². The van der Waals surface area contributed by atoms with Crippen LogP contribution in [-0.2, 0) is 23.1 Å². The van der Waals surface area contributed by atoms with Gasteiger partial charge in [-0.3, -0.25) is 9.59 Å². The number of hydrogen-bond donors (Lipinski definition) is 2. The number of amides is 2. The van der Waals surface area contributed by atoms with E-state index in [0.29, 0.717) is 23.1 Å². The molecule has 0 radical (unpaired) electrons. The molecule has 1 heterocycles. The summed E-state index contributed by atoms with van der Waals surface area (Å²) in [5, 5.41) is 10.8. The van der Waals surface area contributed by atoms with Crippen LogP contribution in [0.4, 0.5) is 10.1 Å². The minimum Gasteiger partial charge on any atom is -0.370 e. The van der Waals surface area contributed by atoms with Crippen LogP contribution in [0.5, 0.6) is 0 Å². The van der Waals surface area contributed by atoms with Gasteiger partial charge in [-0.15, -0.1) is 10.2 Å². The number of benzene rings is 1. The monoisotopic (exact) mass is 385 g/mol. The Morgan fingerprint density at radius 3 is 2.80 bits per heavy atom. The van der Waals surface area contributed by atoms with E-state index in [4.69, 9.17) is 17.3 Å². The number of thioether (sulfide) groups is 1. The summed E-state index contributed by atoms with van der Waals surface area (Å²) >= 11 is 7.11. The lowest BCUT2D eigenvalue weighted by molar-refractivity contribution is -0.118. The molecule has 0 bridgehead atoms. The second kappa shape index (κ2) is 8.30. The molecule has 134 valence electrons. The largest absolute Gasteiger partial charge is 0.370 e. The van der Waals surface area contributed by atoms with Crippen molar-refractivity contribution in [3.8, 4) is 0 Å². The van der Waals surface area contributed by atoms with Gasteiger partial charge in [0.15, 0.2) is 5.16 Å². The first kappa shape index (κ1) is 19.2. The van der Waals surface area contributed by atoms with Crippen molar-refractivity contribution in [3.63, 3.8) is 0 Å². The number of nitrogens with one attached hydrogen (secondary N) is 1. The summed E-state index contributed by atoms with van der Waals surface area (Å²) in [4.78, 5) is 23.1. The van der Waals surface area contributed by atoms with Gasteiger partial charge in [-0.1, -0.05) is 23.4 Å². The van der Waals surface area contributed by atoms with Crippen molar-refractivity contribution in [2.45, 2.75) is 30.2 Å². The van der Waals surface area contributed by atoms with E-state index in [2.05, 4.69) is 15.5 Å². The number of hydrogen-bond acceptors (Lipinski definition) is 5. The number of nitrogens with zero attached hydrogens (tertiary/aromatic N) is 3. The van der Waals surface area contributed by atoms with Crippen LogP contribution in [0.3, 0.4) is 0 Å². The summed E-state index contributed by atoms with van der Waals surface area (Å²) < 4.78 is 14.8. The molecule has 0 aliphatic rings. The van der Waals surface area contributed by atoms with E-state index < -0.39 is 17.0 Å². The number of aryl methyl sites for hydroxylation is 1. The molecule has 0 aliphatic heterocycles. The van der Waals surface area contributed by atoms with Gasteiger partial charge < -0.3 is 15.6 Å². The molecular formula is C15H17ClFN5O2S. The molecule has 0 saturated heterocycles. The smallest absolute Gasteiger partial charge is 0.237 e. The van der Waals surface area contributed by atoms with Gasteiger partial charge in [0.2, 0.25) is 11.8 Å². The van der Waals surface area contributed by atoms with Crippen molar-refractivity contribution >= 4 is 40.9 Å². The lowest BCUT2D eigenvalue weighted by Gasteiger charge is -2.12. The van der Waals surface area contributed by atoms with Crippen LogP contribution in [-0.4, -0.2) is 31.8 Å². The fourth-order valence-corrected chi connectivity index (χ4v) is 2.99. The molecule has 1 atom stereocenters. The topological polar surface area (TPSA) is 103 Å². The Labute approximate surface area is 153 Å². The number of anilines is 1. The molecule has 25 heavy (non-hydrogen) atoms. The molecule has 1 aromatic carbocycles. The van der Waals surface area contributed by atoms with Crippen LogP contribution in [0.25, 0.3) is 0 Å². The number of rotatable bonds is 7. The molecule has 0 fully saturated rings. The van der Waals surface area contributed by atoms with Gasteiger partial charge in [0.1, 0.15) is 11.6 Å². The molecule has 2 rings (SSSR count). The molecule has 2 amide bonds. The molecule has 7 nitrogen and oxygen atoms in total. The lowest BCUT2D eigenvalue weighted by atomic mass is 10.3. The van der Waals surface area contributed by atoms with Crippen LogP contribution < -0.4 is 11.1 Å². The Morgan fingerprint density at radius 2 is 2.16 bits per heavy atom. The minimum absolute atomic E-state index is 0.123. The van der Waals surface area contributed by atoms with Crippen LogP contribution in [0.1, 0.15) is 19.2 Å². The van der Waals surface area contributed by atoms with E-state index >= 15 is 0 Å². The van der Waals surface area contributed by atoms with E-state index in [1.165, 1.54) is 23.9 Å². The van der Waals surface area contributed by atoms with Gasteiger partial charge in [-0.25, -0.2) is 4.39 Å². The predicted octanol–water partition coefficient (Wildman–Crippen LogP) is 2.14. The highest BCUT2D eigenvalue weighted by Gasteiger charge is 2.20. The van der Waals surface area contributed by atoms with Crippen LogP contribution >= 0.6 is 23.4 Å². The molecule has 2 aromatic rings. The fraction of sp³-hybridized carbons (Fsp3) is 0.333. The van der Waals surface area contributed by atoms with Gasteiger partial charge in [-0.05, 0) is 25.1 Å². The van der Waals surface area contributed by atoms with Gasteiger partial charge >= 0.3 is 0 Å². The Bertz CT molecular complexity index is 798. The zero-order chi connectivity index (χ0) is 18.6. The van der Waals surface area contributed by atoms with Crippen molar-refractivity contribution in [2.75, 3.05) is 5.32 Å². The average Bonchev–Trinajstić information content (AvgIpc) is 2.88. The lowest BCUT2D eigenvalue weighted by Crippen LogP contribution is -2.23. The van der Waals surface area contributed by atoms with E-state index in [-0.39, 0.29) is 17.4 Å². The highest BCUT2D eigenvalue weighted by atomic mass is 35.5. The zero-order valence-corrected chi connectivity index (χ0v) is 15.2. The number of halogens is 2. The number of aromatic nitrogens is 3. The Kier molecular flexibility index (Phi) is 6.38. The fourth-order valence-electron chi connectivity index (χ4n) is 1.94. The summed E-state index contributed by atoms with van der Waals surface area (Å²) in [6.45, 7) is 1.70. The van der Waals surface area contributed by atoms with Crippen molar-refractivity contribution in [1.82, 2.24) is 14.8 Å². The van der Waals surface area contributed by atoms with Gasteiger partial charge in [-0.2, -0.15) is 0 Å². The van der Waals surface area contributed by atoms with Gasteiger partial charge in [0, 0.05) is 19.9 Å². The standard InChI is InChI=1S/C15H17ClFN5O2S/c1-8(14(24)19-11-4-3-9(17)7-10(11)16)25-15-21-20-13(22(15)2)6-5-12(18)23/h3-4,7-8H,5-6H2,1-2H3,(H2,18,23)(H,19,24). The van der Waals surface area contributed by atoms with Crippen molar-refractivity contribution < 1.29 is 14.0 Å². The Morgan fingerprint density at radius 1 is 1.44 bits per heavy atom. The molecule has 0 saturated carbocycles. The van der Waals surface area contributed by atoms with Crippen LogP contribution in [0.2, 0.25) is 5.02 Å². The number of carbonyl (C=O) groups excluding carboxylic acids is 2. The van der Waals surface area contributed by atoms with Crippen LogP contribution in [0, 0.1) is 5.82 Å². The maximum atomic E-state index is 13.0. The summed E-state index contributed by atoms with van der Waals surface area (Å²) in [6.07, 6.45) is 0.556. The predicted molar refractivity (Wildman–Crippen MR) is 93.9 cm³/mol. The number of nitrogens with two attached hydrogens (primary N) is 1. The molecule has 10 heteroatoms. The van der Waals surface area contributed by atoms with Crippen molar-refractivity contribution in [1.29, 1.82) is 0 Å². The van der Waals surface area contributed by atoms with E-state index in [1.54, 1.807) is 18.5 Å². The zero-order valence-electron chi connectivity index (χ0n) is 13.6. The number of carbonyl (C=O) groups is 2. The molecule has 0 aliphatic carbocycles. The normalized spacial score (nSPS) is 12.0. The number of primary amides is 1. The van der Waals surface area contributed by atoms with E-state index in [1.807, 2.05) is 0 Å². The van der Waals surface area contributed by atoms with Gasteiger partial charge in [0.25, 0.3) is 0 Å². The third kappa shape index (κ3) is 5.17. The maximum absolute atomic E-state index is 13.0. The molecule has 1 unspecified atom stereocenters. The van der Waals surface area contributed by atoms with Crippen molar-refractivity contribution in [3.05, 3.63) is 34.9 Å². The average molecular weight is 386 g/mol. The van der Waals surface area contributed by atoms with E-state index in [9.17, 15) is 14.0 Å². The summed E-state index contributed by atoms with van der Waals surface area (Å²) in [5.74, 6) is -0.593. The highest BCUT2D eigenvalue weighted by molar-refractivity contribution is 8.00. The Hall–Kier alpha value is -2.13. The first-order chi connectivity index (χ1) is 11.8. The first-order valence-electron chi connectivity index (χ1n) is 7.37. The van der Waals surface area contributed by atoms with E-state index in [0.717, 1.165) is 6.07 Å². The second-order valence-electron chi connectivity index (χ2n) is 5.30. The van der Waals surface area contributed by atoms with Crippen molar-refractivity contribution in [2.24, 2.45) is 12.8 Å². The highest BCUT2D eigenvalue weighted by Crippen LogP contribution is 2.26. The SMILES string of the molecule is CC(Sc1nnc(CCC(N)=O)n1C)C(=O)Nc1ccc(F)cc1Cl. The molecular weight excluding hydrogens is 369 g/mol. The molecule has 1 aromatic heterocycles. The summed E-state index contributed by atoms with van der Waals surface area (Å²) in [5.41, 5.74) is 5.46. The quantitative estimate of drug-likeness (QED) is 0.711. The Balaban J connectivity index is 2.00. The molecule has 0 spiro atoms. The summed E-state index contributed by atoms with van der Waals surface area (Å²) in [7, 11) is 1.75. The third-order valence-corrected chi connectivity index (χ3v) is 4.81. The molecule has 3 N–H and O–H groups in total. The third-order valence-electron chi connectivity index (χ3n) is 3.36. The van der Waals surface area contributed by atoms with Crippen LogP contribution in [0.15, 0.2) is 23.4 Å². The summed E-state index contributed by atoms with van der Waals surface area (Å²) in [6, 6.07) is 3.74. The second-order valence-corrected chi connectivity index (χ2v) is 7.01.